The molecule has 0 saturated carbocycles. The second-order valence-electron chi connectivity index (χ2n) is 4.87. The lowest BCUT2D eigenvalue weighted by molar-refractivity contribution is 0.0282. The van der Waals surface area contributed by atoms with Crippen LogP contribution in [-0.4, -0.2) is 50.2 Å². The zero-order valence-corrected chi connectivity index (χ0v) is 12.1. The molecule has 0 aliphatic rings. The zero-order chi connectivity index (χ0) is 14.8. The van der Waals surface area contributed by atoms with Crippen LogP contribution in [0.2, 0.25) is 0 Å². The van der Waals surface area contributed by atoms with Crippen LogP contribution in [-0.2, 0) is 9.47 Å². The highest BCUT2D eigenvalue weighted by molar-refractivity contribution is 6.58. The average molecular weight is 282 g/mol. The fraction of sp³-hybridized carbons (Fsp3) is 0.571. The molecule has 0 amide bonds. The van der Waals surface area contributed by atoms with Crippen LogP contribution in [0.15, 0.2) is 24.3 Å². The molecule has 0 spiro atoms. The predicted molar refractivity (Wildman–Crippen MR) is 78.2 cm³/mol. The molecule has 0 atom stereocenters. The van der Waals surface area contributed by atoms with Crippen LogP contribution in [0, 0.1) is 5.92 Å². The summed E-state index contributed by atoms with van der Waals surface area (Å²) in [6.07, 6.45) is 0. The molecular weight excluding hydrogens is 259 g/mol. The molecule has 20 heavy (non-hydrogen) atoms. The van der Waals surface area contributed by atoms with Gasteiger partial charge in [0.25, 0.3) is 0 Å². The Bertz CT molecular complexity index is 353. The van der Waals surface area contributed by atoms with Gasteiger partial charge in [-0.25, -0.2) is 0 Å². The van der Waals surface area contributed by atoms with Gasteiger partial charge >= 0.3 is 7.12 Å². The first-order valence-corrected chi connectivity index (χ1v) is 6.84. The van der Waals surface area contributed by atoms with Gasteiger partial charge in [0.05, 0.1) is 19.8 Å². The first-order chi connectivity index (χ1) is 9.59. The Morgan fingerprint density at radius 3 is 2.15 bits per heavy atom. The van der Waals surface area contributed by atoms with Crippen molar-refractivity contribution in [2.75, 3.05) is 33.0 Å². The van der Waals surface area contributed by atoms with Gasteiger partial charge in [-0.15, -0.1) is 0 Å². The Labute approximate surface area is 120 Å². The van der Waals surface area contributed by atoms with Gasteiger partial charge in [0.1, 0.15) is 12.4 Å². The Kier molecular flexibility index (Phi) is 8.29. The zero-order valence-electron chi connectivity index (χ0n) is 12.1. The molecule has 1 aromatic carbocycles. The molecule has 1 rings (SSSR count). The Balaban J connectivity index is 2.03. The lowest BCUT2D eigenvalue weighted by Crippen LogP contribution is -2.29. The second kappa shape index (κ2) is 9.77. The van der Waals surface area contributed by atoms with Crippen LogP contribution in [0.5, 0.6) is 5.75 Å². The van der Waals surface area contributed by atoms with E-state index in [4.69, 9.17) is 24.3 Å². The summed E-state index contributed by atoms with van der Waals surface area (Å²) >= 11 is 0. The summed E-state index contributed by atoms with van der Waals surface area (Å²) in [6, 6.07) is 6.61. The lowest BCUT2D eigenvalue weighted by Gasteiger charge is -2.09. The molecule has 0 bridgehead atoms. The van der Waals surface area contributed by atoms with Crippen LogP contribution in [0.25, 0.3) is 0 Å². The molecule has 0 unspecified atom stereocenters. The van der Waals surface area contributed by atoms with E-state index in [1.54, 1.807) is 24.3 Å². The van der Waals surface area contributed by atoms with E-state index in [-0.39, 0.29) is 0 Å². The highest BCUT2D eigenvalue weighted by atomic mass is 16.5. The summed E-state index contributed by atoms with van der Waals surface area (Å²) in [4.78, 5) is 0. The quantitative estimate of drug-likeness (QED) is 0.481. The average Bonchev–Trinajstić information content (AvgIpc) is 2.42. The normalized spacial score (nSPS) is 10.8. The summed E-state index contributed by atoms with van der Waals surface area (Å²) in [5, 5.41) is 17.9. The monoisotopic (exact) mass is 282 g/mol. The third kappa shape index (κ3) is 7.50. The van der Waals surface area contributed by atoms with E-state index < -0.39 is 7.12 Å². The molecular formula is C14H23BO5. The first-order valence-electron chi connectivity index (χ1n) is 6.84. The van der Waals surface area contributed by atoms with Crippen molar-refractivity contribution in [1.82, 2.24) is 0 Å². The van der Waals surface area contributed by atoms with Crippen LogP contribution in [0.1, 0.15) is 13.8 Å². The number of hydrogen-bond donors (Lipinski definition) is 2. The van der Waals surface area contributed by atoms with Crippen molar-refractivity contribution in [3.63, 3.8) is 0 Å². The van der Waals surface area contributed by atoms with E-state index in [1.807, 2.05) is 0 Å². The maximum Gasteiger partial charge on any atom is 0.488 e. The highest BCUT2D eigenvalue weighted by Gasteiger charge is 2.09. The third-order valence-corrected chi connectivity index (χ3v) is 2.50. The SMILES string of the molecule is CC(C)COCCOCCOc1ccc(B(O)O)cc1. The van der Waals surface area contributed by atoms with Gasteiger partial charge < -0.3 is 24.3 Å². The molecule has 5 nitrogen and oxygen atoms in total. The molecule has 0 aromatic heterocycles. The minimum absolute atomic E-state index is 0.441. The Morgan fingerprint density at radius 2 is 1.55 bits per heavy atom. The summed E-state index contributed by atoms with van der Waals surface area (Å²) in [7, 11) is -1.45. The molecule has 0 saturated heterocycles. The highest BCUT2D eigenvalue weighted by Crippen LogP contribution is 2.07. The minimum Gasteiger partial charge on any atom is -0.491 e. The summed E-state index contributed by atoms with van der Waals surface area (Å²) in [5.41, 5.74) is 0.441. The van der Waals surface area contributed by atoms with E-state index in [9.17, 15) is 0 Å². The van der Waals surface area contributed by atoms with Crippen LogP contribution in [0.4, 0.5) is 0 Å². The Hall–Kier alpha value is -1.08. The summed E-state index contributed by atoms with van der Waals surface area (Å²) in [6.45, 7) is 7.07. The second-order valence-corrected chi connectivity index (χ2v) is 4.87. The van der Waals surface area contributed by atoms with Crippen molar-refractivity contribution >= 4 is 12.6 Å². The fourth-order valence-corrected chi connectivity index (χ4v) is 1.49. The number of rotatable bonds is 10. The fourth-order valence-electron chi connectivity index (χ4n) is 1.49. The molecule has 0 aliphatic heterocycles. The van der Waals surface area contributed by atoms with Gasteiger partial charge in [-0.2, -0.15) is 0 Å². The van der Waals surface area contributed by atoms with Crippen LogP contribution >= 0.6 is 0 Å². The standard InChI is InChI=1S/C14H23BO5/c1-12(2)11-19-8-7-18-9-10-20-14-5-3-13(4-6-14)15(16)17/h3-6,12,16-17H,7-11H2,1-2H3. The molecule has 0 radical (unpaired) electrons. The van der Waals surface area contributed by atoms with E-state index in [0.29, 0.717) is 43.6 Å². The third-order valence-electron chi connectivity index (χ3n) is 2.50. The Morgan fingerprint density at radius 1 is 0.950 bits per heavy atom. The van der Waals surface area contributed by atoms with Crippen molar-refractivity contribution < 1.29 is 24.3 Å². The van der Waals surface area contributed by atoms with Gasteiger partial charge in [0.2, 0.25) is 0 Å². The summed E-state index contributed by atoms with van der Waals surface area (Å²) < 4.78 is 16.2. The molecule has 0 aliphatic carbocycles. The first kappa shape index (κ1) is 17.0. The van der Waals surface area contributed by atoms with Crippen LogP contribution in [0.3, 0.4) is 0 Å². The van der Waals surface area contributed by atoms with Crippen molar-refractivity contribution in [1.29, 1.82) is 0 Å². The molecule has 1 aromatic rings. The lowest BCUT2D eigenvalue weighted by atomic mass is 9.80. The van der Waals surface area contributed by atoms with Crippen LogP contribution < -0.4 is 10.2 Å². The van der Waals surface area contributed by atoms with Gasteiger partial charge in [-0.3, -0.25) is 0 Å². The topological polar surface area (TPSA) is 68.2 Å². The van der Waals surface area contributed by atoms with E-state index in [2.05, 4.69) is 13.8 Å². The van der Waals surface area contributed by atoms with Crippen molar-refractivity contribution in [3.05, 3.63) is 24.3 Å². The van der Waals surface area contributed by atoms with Gasteiger partial charge in [-0.05, 0) is 23.5 Å². The van der Waals surface area contributed by atoms with Crippen molar-refractivity contribution in [2.24, 2.45) is 5.92 Å². The predicted octanol–water partition coefficient (Wildman–Crippen LogP) is 0.434. The molecule has 6 heteroatoms. The van der Waals surface area contributed by atoms with E-state index in [1.165, 1.54) is 0 Å². The van der Waals surface area contributed by atoms with Gasteiger partial charge in [0, 0.05) is 6.61 Å². The molecule has 2 N–H and O–H groups in total. The maximum atomic E-state index is 8.95. The van der Waals surface area contributed by atoms with Gasteiger partial charge in [-0.1, -0.05) is 26.0 Å². The van der Waals surface area contributed by atoms with Crippen molar-refractivity contribution in [3.8, 4) is 5.75 Å². The smallest absolute Gasteiger partial charge is 0.488 e. The molecule has 0 heterocycles. The van der Waals surface area contributed by atoms with E-state index >= 15 is 0 Å². The number of benzene rings is 1. The molecule has 112 valence electrons. The number of ether oxygens (including phenoxy) is 3. The van der Waals surface area contributed by atoms with Crippen molar-refractivity contribution in [2.45, 2.75) is 13.8 Å². The molecule has 0 fully saturated rings. The minimum atomic E-state index is -1.45. The van der Waals surface area contributed by atoms with E-state index in [0.717, 1.165) is 6.61 Å². The largest absolute Gasteiger partial charge is 0.491 e. The van der Waals surface area contributed by atoms with Gasteiger partial charge in [0.15, 0.2) is 0 Å². The number of hydrogen-bond acceptors (Lipinski definition) is 5. The summed E-state index contributed by atoms with van der Waals surface area (Å²) in [5.74, 6) is 1.22. The maximum absolute atomic E-state index is 8.95.